The zero-order chi connectivity index (χ0) is 13.8. The smallest absolute Gasteiger partial charge is 0.274 e. The molecule has 0 spiro atoms. The molecule has 104 valence electrons. The molecular weight excluding hydrogens is 253 g/mol. The Kier molecular flexibility index (Phi) is 4.28. The Bertz CT molecular complexity index is 470. The maximum absolute atomic E-state index is 13.2. The van der Waals surface area contributed by atoms with Crippen molar-refractivity contribution in [1.29, 1.82) is 0 Å². The number of hydrogen-bond acceptors (Lipinski definition) is 5. The molecule has 1 aromatic rings. The molecule has 1 aromatic carbocycles. The van der Waals surface area contributed by atoms with Crippen molar-refractivity contribution in [3.63, 3.8) is 0 Å². The molecule has 1 heterocycles. The first-order chi connectivity index (χ1) is 9.04. The van der Waals surface area contributed by atoms with Crippen LogP contribution < -0.4 is 5.32 Å². The first-order valence-electron chi connectivity index (χ1n) is 6.03. The van der Waals surface area contributed by atoms with Gasteiger partial charge >= 0.3 is 0 Å². The maximum atomic E-state index is 13.2. The minimum Gasteiger partial charge on any atom is -0.382 e. The van der Waals surface area contributed by atoms with Crippen LogP contribution in [0.5, 0.6) is 0 Å². The Balaban J connectivity index is 1.97. The SMILES string of the molecule is CN1CCOC(CNc2cc(F)cc([N+](=O)[O-])c2)C1. The van der Waals surface area contributed by atoms with E-state index >= 15 is 0 Å². The Hall–Kier alpha value is -1.73. The average Bonchev–Trinajstić information content (AvgIpc) is 2.36. The lowest BCUT2D eigenvalue weighted by molar-refractivity contribution is -0.385. The highest BCUT2D eigenvalue weighted by Crippen LogP contribution is 2.20. The highest BCUT2D eigenvalue weighted by molar-refractivity contribution is 5.51. The van der Waals surface area contributed by atoms with Gasteiger partial charge in [-0.3, -0.25) is 10.1 Å². The molecule has 1 atom stereocenters. The number of nitrogens with one attached hydrogen (secondary N) is 1. The number of nitrogens with zero attached hydrogens (tertiary/aromatic N) is 2. The monoisotopic (exact) mass is 269 g/mol. The third kappa shape index (κ3) is 3.87. The van der Waals surface area contributed by atoms with Crippen LogP contribution in [-0.2, 0) is 4.74 Å². The van der Waals surface area contributed by atoms with E-state index in [-0.39, 0.29) is 11.8 Å². The predicted octanol–water partition coefficient (Wildman–Crippen LogP) is 1.48. The van der Waals surface area contributed by atoms with E-state index in [2.05, 4.69) is 10.2 Å². The molecule has 6 nitrogen and oxygen atoms in total. The van der Waals surface area contributed by atoms with Gasteiger partial charge in [0.1, 0.15) is 5.82 Å². The van der Waals surface area contributed by atoms with Crippen LogP contribution in [0.2, 0.25) is 0 Å². The van der Waals surface area contributed by atoms with Crippen LogP contribution in [0.4, 0.5) is 15.8 Å². The van der Waals surface area contributed by atoms with E-state index in [4.69, 9.17) is 4.74 Å². The summed E-state index contributed by atoms with van der Waals surface area (Å²) in [5.74, 6) is -0.626. The van der Waals surface area contributed by atoms with Gasteiger partial charge in [0.15, 0.2) is 0 Å². The van der Waals surface area contributed by atoms with Crippen molar-refractivity contribution in [3.05, 3.63) is 34.1 Å². The minimum atomic E-state index is -0.626. The summed E-state index contributed by atoms with van der Waals surface area (Å²) in [6.07, 6.45) is 0.000994. The van der Waals surface area contributed by atoms with E-state index in [1.807, 2.05) is 7.05 Å². The fraction of sp³-hybridized carbons (Fsp3) is 0.500. The number of halogens is 1. The third-order valence-electron chi connectivity index (χ3n) is 2.97. The molecule has 0 bridgehead atoms. The van der Waals surface area contributed by atoms with E-state index in [9.17, 15) is 14.5 Å². The number of likely N-dealkylation sites (N-methyl/N-ethyl adjacent to an activating group) is 1. The van der Waals surface area contributed by atoms with Gasteiger partial charge in [-0.1, -0.05) is 0 Å². The van der Waals surface area contributed by atoms with Gasteiger partial charge in [-0.05, 0) is 13.1 Å². The molecule has 1 saturated heterocycles. The highest BCUT2D eigenvalue weighted by Gasteiger charge is 2.18. The molecule has 0 aliphatic carbocycles. The molecule has 1 aliphatic heterocycles. The largest absolute Gasteiger partial charge is 0.382 e. The van der Waals surface area contributed by atoms with Crippen molar-refractivity contribution in [1.82, 2.24) is 4.90 Å². The summed E-state index contributed by atoms with van der Waals surface area (Å²) >= 11 is 0. The van der Waals surface area contributed by atoms with E-state index in [1.165, 1.54) is 12.1 Å². The van der Waals surface area contributed by atoms with Crippen molar-refractivity contribution >= 4 is 11.4 Å². The van der Waals surface area contributed by atoms with Crippen LogP contribution in [0.1, 0.15) is 0 Å². The number of anilines is 1. The number of rotatable bonds is 4. The lowest BCUT2D eigenvalue weighted by Crippen LogP contribution is -2.43. The van der Waals surface area contributed by atoms with Crippen molar-refractivity contribution in [2.45, 2.75) is 6.10 Å². The Morgan fingerprint density at radius 3 is 3.05 bits per heavy atom. The van der Waals surface area contributed by atoms with Crippen LogP contribution in [-0.4, -0.2) is 49.2 Å². The summed E-state index contributed by atoms with van der Waals surface area (Å²) in [6.45, 7) is 2.82. The number of benzene rings is 1. The summed E-state index contributed by atoms with van der Waals surface area (Å²) in [6, 6.07) is 3.45. The second-order valence-corrected chi connectivity index (χ2v) is 4.59. The summed E-state index contributed by atoms with van der Waals surface area (Å²) in [5, 5.41) is 13.6. The molecule has 0 aromatic heterocycles. The summed E-state index contributed by atoms with van der Waals surface area (Å²) < 4.78 is 18.8. The molecule has 0 amide bonds. The van der Waals surface area contributed by atoms with Gasteiger partial charge < -0.3 is 15.0 Å². The standard InChI is InChI=1S/C12H16FN3O3/c1-15-2-3-19-12(8-15)7-14-10-4-9(13)5-11(6-10)16(17)18/h4-6,12,14H,2-3,7-8H2,1H3. The normalized spacial score (nSPS) is 20.2. The van der Waals surface area contributed by atoms with Crippen LogP contribution in [0, 0.1) is 15.9 Å². The van der Waals surface area contributed by atoms with Gasteiger partial charge in [0.05, 0.1) is 23.7 Å². The molecule has 0 saturated carbocycles. The van der Waals surface area contributed by atoms with Gasteiger partial charge in [-0.25, -0.2) is 4.39 Å². The fourth-order valence-electron chi connectivity index (χ4n) is 2.00. The number of nitro groups is 1. The third-order valence-corrected chi connectivity index (χ3v) is 2.97. The second-order valence-electron chi connectivity index (χ2n) is 4.59. The zero-order valence-corrected chi connectivity index (χ0v) is 10.6. The van der Waals surface area contributed by atoms with Crippen LogP contribution in [0.25, 0.3) is 0 Å². The molecule has 1 N–H and O–H groups in total. The molecule has 1 unspecified atom stereocenters. The van der Waals surface area contributed by atoms with E-state index in [0.29, 0.717) is 18.8 Å². The second kappa shape index (κ2) is 5.94. The summed E-state index contributed by atoms with van der Waals surface area (Å²) in [5.41, 5.74) is 0.132. The first kappa shape index (κ1) is 13.7. The van der Waals surface area contributed by atoms with Crippen LogP contribution >= 0.6 is 0 Å². The Morgan fingerprint density at radius 2 is 2.37 bits per heavy atom. The molecule has 7 heteroatoms. The predicted molar refractivity (Wildman–Crippen MR) is 68.8 cm³/mol. The van der Waals surface area contributed by atoms with Crippen molar-refractivity contribution in [2.75, 3.05) is 38.6 Å². The van der Waals surface area contributed by atoms with E-state index < -0.39 is 10.7 Å². The van der Waals surface area contributed by atoms with Gasteiger partial charge in [-0.15, -0.1) is 0 Å². The number of ether oxygens (including phenoxy) is 1. The number of hydrogen-bond donors (Lipinski definition) is 1. The first-order valence-corrected chi connectivity index (χ1v) is 6.03. The number of non-ortho nitro benzene ring substituents is 1. The maximum Gasteiger partial charge on any atom is 0.274 e. The van der Waals surface area contributed by atoms with Gasteiger partial charge in [-0.2, -0.15) is 0 Å². The zero-order valence-electron chi connectivity index (χ0n) is 10.6. The fourth-order valence-corrected chi connectivity index (χ4v) is 2.00. The van der Waals surface area contributed by atoms with E-state index in [0.717, 1.165) is 19.2 Å². The van der Waals surface area contributed by atoms with Crippen molar-refractivity contribution in [2.24, 2.45) is 0 Å². The number of nitro benzene ring substituents is 1. The quantitative estimate of drug-likeness (QED) is 0.662. The summed E-state index contributed by atoms with van der Waals surface area (Å²) in [7, 11) is 2.00. The molecule has 1 fully saturated rings. The lowest BCUT2D eigenvalue weighted by atomic mass is 10.2. The molecule has 1 aliphatic rings. The van der Waals surface area contributed by atoms with Gasteiger partial charge in [0, 0.05) is 31.4 Å². The van der Waals surface area contributed by atoms with Crippen molar-refractivity contribution < 1.29 is 14.1 Å². The average molecular weight is 269 g/mol. The minimum absolute atomic E-state index is 0.000994. The Morgan fingerprint density at radius 1 is 1.58 bits per heavy atom. The molecular formula is C12H16FN3O3. The van der Waals surface area contributed by atoms with Crippen LogP contribution in [0.3, 0.4) is 0 Å². The lowest BCUT2D eigenvalue weighted by Gasteiger charge is -2.30. The van der Waals surface area contributed by atoms with Gasteiger partial charge in [0.2, 0.25) is 0 Å². The molecule has 0 radical (unpaired) electrons. The highest BCUT2D eigenvalue weighted by atomic mass is 19.1. The van der Waals surface area contributed by atoms with Crippen LogP contribution in [0.15, 0.2) is 18.2 Å². The topological polar surface area (TPSA) is 67.6 Å². The summed E-state index contributed by atoms with van der Waals surface area (Å²) in [4.78, 5) is 12.2. The molecule has 19 heavy (non-hydrogen) atoms. The number of morpholine rings is 1. The molecule has 2 rings (SSSR count). The van der Waals surface area contributed by atoms with Crippen molar-refractivity contribution in [3.8, 4) is 0 Å². The Labute approximate surface area is 110 Å². The van der Waals surface area contributed by atoms with E-state index in [1.54, 1.807) is 0 Å². The van der Waals surface area contributed by atoms with Gasteiger partial charge in [0.25, 0.3) is 5.69 Å².